The summed E-state index contributed by atoms with van der Waals surface area (Å²) in [6.07, 6.45) is 3.57. The summed E-state index contributed by atoms with van der Waals surface area (Å²) in [6, 6.07) is 22.5. The lowest BCUT2D eigenvalue weighted by Gasteiger charge is -2.27. The summed E-state index contributed by atoms with van der Waals surface area (Å²) in [7, 11) is 0. The second-order valence-corrected chi connectivity index (χ2v) is 13.1. The van der Waals surface area contributed by atoms with Gasteiger partial charge < -0.3 is 10.6 Å². The molecule has 2 amide bonds. The van der Waals surface area contributed by atoms with Gasteiger partial charge in [-0.2, -0.15) is 0 Å². The molecule has 4 aromatic carbocycles. The third-order valence-corrected chi connectivity index (χ3v) is 9.47. The zero-order valence-corrected chi connectivity index (χ0v) is 28.8. The van der Waals surface area contributed by atoms with E-state index in [1.807, 2.05) is 39.0 Å². The molecule has 0 heterocycles. The van der Waals surface area contributed by atoms with Gasteiger partial charge in [0.15, 0.2) is 24.1 Å². The molecule has 0 spiro atoms. The Balaban J connectivity index is 1.56. The topological polar surface area (TPSA) is 126 Å². The Hall–Kier alpha value is -5.50. The number of amides is 2. The number of aldehydes is 2. The zero-order valence-electron chi connectivity index (χ0n) is 28.8. The second-order valence-electron chi connectivity index (χ2n) is 13.1. The van der Waals surface area contributed by atoms with Crippen molar-refractivity contribution in [3.8, 4) is 0 Å². The molecule has 4 aromatic rings. The third-order valence-electron chi connectivity index (χ3n) is 9.47. The van der Waals surface area contributed by atoms with Gasteiger partial charge in [-0.25, -0.2) is 0 Å². The lowest BCUT2D eigenvalue weighted by atomic mass is 9.77. The van der Waals surface area contributed by atoms with E-state index >= 15 is 0 Å². The largest absolute Gasteiger partial charge is 0.347 e. The van der Waals surface area contributed by atoms with Crippen LogP contribution in [0.4, 0.5) is 5.69 Å². The molecule has 0 unspecified atom stereocenters. The van der Waals surface area contributed by atoms with Gasteiger partial charge in [0.05, 0.1) is 11.1 Å². The molecule has 0 saturated carbocycles. The molecule has 0 aliphatic heterocycles. The van der Waals surface area contributed by atoms with Crippen molar-refractivity contribution in [3.63, 3.8) is 0 Å². The third kappa shape index (κ3) is 8.15. The molecular formula is C41H42N2O6. The van der Waals surface area contributed by atoms with E-state index in [2.05, 4.69) is 31.4 Å². The first-order valence-electron chi connectivity index (χ1n) is 16.4. The minimum absolute atomic E-state index is 0.0190. The van der Waals surface area contributed by atoms with Crippen LogP contribution >= 0.6 is 0 Å². The quantitative estimate of drug-likeness (QED) is 0.104. The van der Waals surface area contributed by atoms with Gasteiger partial charge in [-0.1, -0.05) is 76.2 Å². The van der Waals surface area contributed by atoms with Crippen LogP contribution in [-0.2, 0) is 5.41 Å². The first kappa shape index (κ1) is 36.3. The summed E-state index contributed by atoms with van der Waals surface area (Å²) in [5.74, 6) is -1.76. The van der Waals surface area contributed by atoms with Crippen LogP contribution < -0.4 is 10.6 Å². The molecule has 2 N–H and O–H groups in total. The van der Waals surface area contributed by atoms with Crippen molar-refractivity contribution in [1.82, 2.24) is 5.32 Å². The molecule has 0 aliphatic carbocycles. The molecule has 49 heavy (non-hydrogen) atoms. The number of nitrogens with one attached hydrogen (secondary N) is 2. The van der Waals surface area contributed by atoms with Gasteiger partial charge in [-0.05, 0) is 80.5 Å². The fourth-order valence-electron chi connectivity index (χ4n) is 5.43. The van der Waals surface area contributed by atoms with E-state index in [0.717, 1.165) is 18.4 Å². The van der Waals surface area contributed by atoms with Crippen LogP contribution in [-0.4, -0.2) is 41.5 Å². The molecule has 252 valence electrons. The van der Waals surface area contributed by atoms with Crippen molar-refractivity contribution in [3.05, 3.63) is 135 Å². The maximum atomic E-state index is 13.5. The number of carbonyl (C=O) groups excluding carboxylic acids is 6. The number of ketones is 2. The maximum Gasteiger partial charge on any atom is 0.256 e. The van der Waals surface area contributed by atoms with Crippen LogP contribution in [0.1, 0.15) is 140 Å². The van der Waals surface area contributed by atoms with Crippen LogP contribution in [0, 0.1) is 0 Å². The van der Waals surface area contributed by atoms with Crippen molar-refractivity contribution >= 4 is 41.6 Å². The van der Waals surface area contributed by atoms with Crippen molar-refractivity contribution in [2.45, 2.75) is 71.8 Å². The van der Waals surface area contributed by atoms with E-state index < -0.39 is 23.1 Å². The summed E-state index contributed by atoms with van der Waals surface area (Å²) >= 11 is 0. The Morgan fingerprint density at radius 3 is 1.78 bits per heavy atom. The number of hydrogen-bond acceptors (Lipinski definition) is 6. The van der Waals surface area contributed by atoms with Crippen molar-refractivity contribution in [2.75, 3.05) is 5.32 Å². The fraction of sp³-hybridized carbons (Fsp3) is 0.268. The average molecular weight is 659 g/mol. The predicted molar refractivity (Wildman–Crippen MR) is 191 cm³/mol. The van der Waals surface area contributed by atoms with E-state index in [1.165, 1.54) is 36.4 Å². The molecule has 0 fully saturated rings. The Labute approximate surface area is 287 Å². The number of rotatable bonds is 14. The predicted octanol–water partition coefficient (Wildman–Crippen LogP) is 8.02. The molecule has 0 bridgehead atoms. The Bertz CT molecular complexity index is 1940. The summed E-state index contributed by atoms with van der Waals surface area (Å²) in [6.45, 7) is 12.1. The summed E-state index contributed by atoms with van der Waals surface area (Å²) in [4.78, 5) is 77.0. The molecule has 8 nitrogen and oxygen atoms in total. The van der Waals surface area contributed by atoms with Crippen molar-refractivity contribution < 1.29 is 28.8 Å². The fourth-order valence-corrected chi connectivity index (χ4v) is 5.43. The van der Waals surface area contributed by atoms with Gasteiger partial charge in [0, 0.05) is 44.6 Å². The van der Waals surface area contributed by atoms with Gasteiger partial charge >= 0.3 is 0 Å². The molecule has 0 aliphatic rings. The monoisotopic (exact) mass is 658 g/mol. The maximum absolute atomic E-state index is 13.5. The van der Waals surface area contributed by atoms with Gasteiger partial charge in [0.25, 0.3) is 11.8 Å². The highest BCUT2D eigenvalue weighted by Gasteiger charge is 2.25. The SMILES string of the molecule is CCC(C)(C)NC(=O)c1cc(C(=O)c2ccc(C(=O)Nc3cccc(C(=O)c4cccc(C(C)(CC)CC)c4)c3)c(C=O)c2)ccc1C=O. The first-order valence-corrected chi connectivity index (χ1v) is 16.4. The van der Waals surface area contributed by atoms with E-state index in [4.69, 9.17) is 0 Å². The summed E-state index contributed by atoms with van der Waals surface area (Å²) in [5.41, 5.74) is 2.30. The van der Waals surface area contributed by atoms with Crippen molar-refractivity contribution in [2.24, 2.45) is 0 Å². The van der Waals surface area contributed by atoms with Gasteiger partial charge in [0.1, 0.15) is 0 Å². The number of anilines is 1. The zero-order chi connectivity index (χ0) is 35.9. The molecule has 0 saturated heterocycles. The Kier molecular flexibility index (Phi) is 11.2. The van der Waals surface area contributed by atoms with Crippen LogP contribution in [0.2, 0.25) is 0 Å². The lowest BCUT2D eigenvalue weighted by molar-refractivity contribution is 0.0905. The van der Waals surface area contributed by atoms with Crippen molar-refractivity contribution in [1.29, 1.82) is 0 Å². The molecule has 0 aromatic heterocycles. The first-order chi connectivity index (χ1) is 23.3. The van der Waals surface area contributed by atoms with E-state index in [-0.39, 0.29) is 44.6 Å². The van der Waals surface area contributed by atoms with Gasteiger partial charge in [0.2, 0.25) is 0 Å². The summed E-state index contributed by atoms with van der Waals surface area (Å²) in [5, 5.41) is 5.63. The lowest BCUT2D eigenvalue weighted by Crippen LogP contribution is -2.43. The van der Waals surface area contributed by atoms with E-state index in [1.54, 1.807) is 30.3 Å². The minimum atomic E-state index is -0.595. The Morgan fingerprint density at radius 1 is 0.592 bits per heavy atom. The smallest absolute Gasteiger partial charge is 0.256 e. The van der Waals surface area contributed by atoms with E-state index in [0.29, 0.717) is 35.8 Å². The highest BCUT2D eigenvalue weighted by Crippen LogP contribution is 2.32. The molecule has 0 atom stereocenters. The minimum Gasteiger partial charge on any atom is -0.347 e. The van der Waals surface area contributed by atoms with E-state index in [9.17, 15) is 28.8 Å². The average Bonchev–Trinajstić information content (AvgIpc) is 3.13. The molecule has 8 heteroatoms. The standard InChI is InChI=1S/C41H42N2O6/c1-7-40(4,5)43-39(49)35-23-29(16-17-30(35)24-44)37(47)28-18-19-34(31(20-28)25-45)38(48)42-33-15-11-13-27(22-33)36(46)26-12-10-14-32(21-26)41(6,8-2)9-3/h10-25H,7-9H2,1-6H3,(H,42,48)(H,43,49). The van der Waals surface area contributed by atoms with Crippen LogP contribution in [0.15, 0.2) is 84.9 Å². The number of benzene rings is 4. The molecular weight excluding hydrogens is 616 g/mol. The number of carbonyl (C=O) groups is 6. The Morgan fingerprint density at radius 2 is 1.16 bits per heavy atom. The molecule has 4 rings (SSSR count). The van der Waals surface area contributed by atoms with Gasteiger partial charge in [-0.15, -0.1) is 0 Å². The highest BCUT2D eigenvalue weighted by atomic mass is 16.2. The van der Waals surface area contributed by atoms with Crippen LogP contribution in [0.5, 0.6) is 0 Å². The summed E-state index contributed by atoms with van der Waals surface area (Å²) < 4.78 is 0. The second kappa shape index (κ2) is 15.2. The normalized spacial score (nSPS) is 11.4. The highest BCUT2D eigenvalue weighted by molar-refractivity contribution is 6.15. The molecule has 0 radical (unpaired) electrons. The van der Waals surface area contributed by atoms with Gasteiger partial charge in [-0.3, -0.25) is 28.8 Å². The van der Waals surface area contributed by atoms with Crippen LogP contribution in [0.25, 0.3) is 0 Å². The number of hydrogen-bond donors (Lipinski definition) is 2. The van der Waals surface area contributed by atoms with Crippen LogP contribution in [0.3, 0.4) is 0 Å².